The monoisotopic (exact) mass is 427 g/mol. The van der Waals surface area contributed by atoms with Crippen LogP contribution in [0.15, 0.2) is 18.5 Å². The summed E-state index contributed by atoms with van der Waals surface area (Å²) >= 11 is 0. The number of ether oxygens (including phenoxy) is 2. The van der Waals surface area contributed by atoms with Crippen molar-refractivity contribution in [2.24, 2.45) is 0 Å². The van der Waals surface area contributed by atoms with E-state index in [4.69, 9.17) is 14.5 Å². The lowest BCUT2D eigenvalue weighted by Crippen LogP contribution is -2.44. The van der Waals surface area contributed by atoms with Crippen LogP contribution < -0.4 is 0 Å². The van der Waals surface area contributed by atoms with Gasteiger partial charge in [0, 0.05) is 50.9 Å². The fourth-order valence-corrected chi connectivity index (χ4v) is 4.74. The molecule has 1 aliphatic carbocycles. The van der Waals surface area contributed by atoms with Crippen LogP contribution in [0, 0.1) is 0 Å². The minimum absolute atomic E-state index is 0.00627. The van der Waals surface area contributed by atoms with Gasteiger partial charge in [0.15, 0.2) is 0 Å². The molecule has 31 heavy (non-hydrogen) atoms. The van der Waals surface area contributed by atoms with Crippen molar-refractivity contribution in [1.29, 1.82) is 0 Å². The Morgan fingerprint density at radius 3 is 2.84 bits per heavy atom. The molecule has 0 radical (unpaired) electrons. The van der Waals surface area contributed by atoms with E-state index < -0.39 is 0 Å². The van der Waals surface area contributed by atoms with Gasteiger partial charge >= 0.3 is 0 Å². The van der Waals surface area contributed by atoms with E-state index in [0.29, 0.717) is 12.6 Å². The fraction of sp³-hybridized carbons (Fsp3) is 0.680. The Balaban J connectivity index is 1.63. The number of rotatable bonds is 10. The maximum Gasteiger partial charge on any atom is 0.252 e. The highest BCUT2D eigenvalue weighted by atomic mass is 16.5. The number of nitrogens with zero attached hydrogens (tertiary/aromatic N) is 3. The normalized spacial score (nSPS) is 20.2. The van der Waals surface area contributed by atoms with Crippen LogP contribution in [0.3, 0.4) is 0 Å². The van der Waals surface area contributed by atoms with Crippen molar-refractivity contribution >= 4 is 16.9 Å². The van der Waals surface area contributed by atoms with E-state index in [-0.39, 0.29) is 18.1 Å². The lowest BCUT2D eigenvalue weighted by Gasteiger charge is -2.33. The number of aromatic nitrogens is 2. The first kappa shape index (κ1) is 22.3. The van der Waals surface area contributed by atoms with E-state index in [2.05, 4.69) is 35.6 Å². The smallest absolute Gasteiger partial charge is 0.252 e. The second-order valence-electron chi connectivity index (χ2n) is 9.05. The third-order valence-corrected chi connectivity index (χ3v) is 6.72. The summed E-state index contributed by atoms with van der Waals surface area (Å²) in [6.07, 6.45) is 12.2. The second-order valence-corrected chi connectivity index (χ2v) is 9.05. The highest BCUT2D eigenvalue weighted by Crippen LogP contribution is 2.38. The minimum Gasteiger partial charge on any atom is -0.385 e. The van der Waals surface area contributed by atoms with Crippen LogP contribution in [0.25, 0.3) is 11.0 Å². The van der Waals surface area contributed by atoms with Crippen molar-refractivity contribution in [1.82, 2.24) is 14.5 Å². The predicted molar refractivity (Wildman–Crippen MR) is 122 cm³/mol. The Bertz CT molecular complexity index is 884. The standard InChI is InChI=1S/C25H37N3O3/c1-4-19-15-22-24(26-16-19)21(17-27(22)12-6-8-13-30-3)18(2)28(20-10-11-20)25(29)23-9-5-7-14-31-23/h15-18,20,23H,4-14H2,1-3H3/t18-,23-/m1/s1. The van der Waals surface area contributed by atoms with E-state index >= 15 is 0 Å². The molecule has 0 unspecified atom stereocenters. The number of hydrogen-bond donors (Lipinski definition) is 0. The number of amides is 1. The molecule has 2 aromatic rings. The fourth-order valence-electron chi connectivity index (χ4n) is 4.74. The first-order valence-electron chi connectivity index (χ1n) is 12.0. The molecule has 0 N–H and O–H groups in total. The maximum atomic E-state index is 13.4. The van der Waals surface area contributed by atoms with Gasteiger partial charge in [0.25, 0.3) is 5.91 Å². The summed E-state index contributed by atoms with van der Waals surface area (Å²) < 4.78 is 13.4. The van der Waals surface area contributed by atoms with Gasteiger partial charge in [0.05, 0.1) is 17.1 Å². The van der Waals surface area contributed by atoms with Crippen molar-refractivity contribution in [2.75, 3.05) is 20.3 Å². The summed E-state index contributed by atoms with van der Waals surface area (Å²) in [5.41, 5.74) is 4.60. The molecule has 3 heterocycles. The molecule has 0 bridgehead atoms. The van der Waals surface area contributed by atoms with Gasteiger partial charge in [0.1, 0.15) is 6.10 Å². The Labute approximate surface area is 185 Å². The van der Waals surface area contributed by atoms with E-state index in [1.807, 2.05) is 6.20 Å². The van der Waals surface area contributed by atoms with Crippen LogP contribution in [-0.4, -0.2) is 52.8 Å². The van der Waals surface area contributed by atoms with Gasteiger partial charge < -0.3 is 18.9 Å². The lowest BCUT2D eigenvalue weighted by atomic mass is 10.0. The van der Waals surface area contributed by atoms with Crippen LogP contribution in [0.5, 0.6) is 0 Å². The Morgan fingerprint density at radius 1 is 1.32 bits per heavy atom. The van der Waals surface area contributed by atoms with Crippen molar-refractivity contribution in [3.63, 3.8) is 0 Å². The molecular weight excluding hydrogens is 390 g/mol. The highest BCUT2D eigenvalue weighted by molar-refractivity contribution is 5.85. The van der Waals surface area contributed by atoms with Crippen molar-refractivity contribution in [2.45, 2.75) is 89.9 Å². The summed E-state index contributed by atoms with van der Waals surface area (Å²) in [6.45, 7) is 6.75. The third kappa shape index (κ3) is 4.96. The number of methoxy groups -OCH3 is 1. The summed E-state index contributed by atoms with van der Waals surface area (Å²) in [6, 6.07) is 2.60. The van der Waals surface area contributed by atoms with Gasteiger partial charge in [-0.2, -0.15) is 0 Å². The molecule has 0 aromatic carbocycles. The molecule has 1 aliphatic heterocycles. The van der Waals surface area contributed by atoms with Crippen LogP contribution in [0.4, 0.5) is 0 Å². The van der Waals surface area contributed by atoms with Crippen LogP contribution in [-0.2, 0) is 27.2 Å². The maximum absolute atomic E-state index is 13.4. The molecule has 6 nitrogen and oxygen atoms in total. The van der Waals surface area contributed by atoms with Crippen LogP contribution >= 0.6 is 0 Å². The summed E-state index contributed by atoms with van der Waals surface area (Å²) in [5, 5.41) is 0. The Hall–Kier alpha value is -1.92. The molecule has 1 saturated heterocycles. The topological polar surface area (TPSA) is 56.6 Å². The zero-order valence-corrected chi connectivity index (χ0v) is 19.3. The number of carbonyl (C=O) groups excluding carboxylic acids is 1. The van der Waals surface area contributed by atoms with Crippen LogP contribution in [0.2, 0.25) is 0 Å². The number of fused-ring (bicyclic) bond motifs is 1. The Morgan fingerprint density at radius 2 is 2.16 bits per heavy atom. The van der Waals surface area contributed by atoms with Gasteiger partial charge in [-0.1, -0.05) is 6.92 Å². The molecule has 1 amide bonds. The zero-order chi connectivity index (χ0) is 21.8. The van der Waals surface area contributed by atoms with Gasteiger partial charge in [-0.25, -0.2) is 0 Å². The Kier molecular flexibility index (Phi) is 7.28. The highest BCUT2D eigenvalue weighted by Gasteiger charge is 2.40. The number of pyridine rings is 1. The molecule has 6 heteroatoms. The molecule has 0 spiro atoms. The van der Waals surface area contributed by atoms with E-state index in [1.54, 1.807) is 7.11 Å². The molecular formula is C25H37N3O3. The summed E-state index contributed by atoms with van der Waals surface area (Å²) in [7, 11) is 1.75. The molecule has 2 atom stereocenters. The SMILES string of the molecule is CCc1cnc2c([C@@H](C)N(C(=O)[C@H]3CCCCO3)C3CC3)cn(CCCCOC)c2c1. The number of carbonyl (C=O) groups is 1. The van der Waals surface area contributed by atoms with Gasteiger partial charge in [0.2, 0.25) is 0 Å². The number of hydrogen-bond acceptors (Lipinski definition) is 4. The molecule has 2 fully saturated rings. The van der Waals surface area contributed by atoms with E-state index in [1.165, 1.54) is 11.1 Å². The minimum atomic E-state index is -0.279. The molecule has 2 aliphatic rings. The third-order valence-electron chi connectivity index (χ3n) is 6.72. The summed E-state index contributed by atoms with van der Waals surface area (Å²) in [4.78, 5) is 20.4. The number of unbranched alkanes of at least 4 members (excludes halogenated alkanes) is 1. The molecule has 4 rings (SSSR count). The van der Waals surface area contributed by atoms with Crippen molar-refractivity contribution in [3.05, 3.63) is 29.6 Å². The molecule has 1 saturated carbocycles. The largest absolute Gasteiger partial charge is 0.385 e. The van der Waals surface area contributed by atoms with Gasteiger partial charge in [-0.3, -0.25) is 9.78 Å². The molecule has 2 aromatic heterocycles. The first-order chi connectivity index (χ1) is 15.1. The van der Waals surface area contributed by atoms with Crippen molar-refractivity contribution < 1.29 is 14.3 Å². The van der Waals surface area contributed by atoms with Gasteiger partial charge in [-0.15, -0.1) is 0 Å². The van der Waals surface area contributed by atoms with Crippen LogP contribution in [0.1, 0.15) is 76.0 Å². The molecule has 170 valence electrons. The average Bonchev–Trinajstić information content (AvgIpc) is 3.57. The first-order valence-corrected chi connectivity index (χ1v) is 12.0. The average molecular weight is 428 g/mol. The predicted octanol–water partition coefficient (Wildman–Crippen LogP) is 4.65. The number of aryl methyl sites for hydroxylation is 2. The quantitative estimate of drug-likeness (QED) is 0.518. The summed E-state index contributed by atoms with van der Waals surface area (Å²) in [5.74, 6) is 0.167. The van der Waals surface area contributed by atoms with E-state index in [0.717, 1.165) is 75.6 Å². The lowest BCUT2D eigenvalue weighted by molar-refractivity contribution is -0.149. The second kappa shape index (κ2) is 10.1. The van der Waals surface area contributed by atoms with E-state index in [9.17, 15) is 4.79 Å². The zero-order valence-electron chi connectivity index (χ0n) is 19.3. The van der Waals surface area contributed by atoms with Gasteiger partial charge in [-0.05, 0) is 69.9 Å². The van der Waals surface area contributed by atoms with Crippen molar-refractivity contribution in [3.8, 4) is 0 Å².